The molecule has 0 bridgehead atoms. The van der Waals surface area contributed by atoms with Crippen LogP contribution in [0.5, 0.6) is 5.75 Å². The maximum Gasteiger partial charge on any atom is 0.269 e. The lowest BCUT2D eigenvalue weighted by Crippen LogP contribution is -2.38. The summed E-state index contributed by atoms with van der Waals surface area (Å²) in [6, 6.07) is 11.1. The molecule has 34 heavy (non-hydrogen) atoms. The highest BCUT2D eigenvalue weighted by atomic mass is 32.2. The molecule has 12 heteroatoms. The van der Waals surface area contributed by atoms with Gasteiger partial charge in [0.2, 0.25) is 0 Å². The zero-order valence-electron chi connectivity index (χ0n) is 19.9. The van der Waals surface area contributed by atoms with Crippen molar-refractivity contribution in [3.63, 3.8) is 0 Å². The standard InChI is InChI=1S/C22H31N5O6S/c1-27(2,3)15-5-13-25(14-6-16-34(30,31)32)20-11-12-21(22(17-20)33-4)24-23-18-7-9-19(10-8-18)26(28)29/h7-12,17H,5-6,13-16H2,1-4H3/b24-23+. The predicted octanol–water partition coefficient (Wildman–Crippen LogP) is 3.86. The first-order valence-corrected chi connectivity index (χ1v) is 12.3. The first kappa shape index (κ1) is 27.2. The van der Waals surface area contributed by atoms with Crippen molar-refractivity contribution in [3.05, 3.63) is 52.6 Å². The Labute approximate surface area is 200 Å². The molecule has 2 rings (SSSR count). The Morgan fingerprint density at radius 2 is 1.68 bits per heavy atom. The van der Waals surface area contributed by atoms with Crippen molar-refractivity contribution in [2.45, 2.75) is 12.8 Å². The number of anilines is 1. The van der Waals surface area contributed by atoms with E-state index in [2.05, 4.69) is 31.4 Å². The number of nitrogens with zero attached hydrogens (tertiary/aromatic N) is 5. The molecule has 11 nitrogen and oxygen atoms in total. The number of azo groups is 1. The molecular weight excluding hydrogens is 462 g/mol. The average Bonchev–Trinajstić information content (AvgIpc) is 2.75. The largest absolute Gasteiger partial charge is 0.748 e. The molecule has 0 N–H and O–H groups in total. The number of nitro benzene ring substituents is 1. The molecule has 2 aromatic rings. The number of hydrogen-bond donors (Lipinski definition) is 0. The van der Waals surface area contributed by atoms with E-state index in [0.717, 1.165) is 23.1 Å². The Morgan fingerprint density at radius 3 is 2.24 bits per heavy atom. The molecule has 0 spiro atoms. The van der Waals surface area contributed by atoms with Crippen LogP contribution in [0.1, 0.15) is 12.8 Å². The summed E-state index contributed by atoms with van der Waals surface area (Å²) in [6.45, 7) is 2.02. The summed E-state index contributed by atoms with van der Waals surface area (Å²) in [5.41, 5.74) is 1.71. The van der Waals surface area contributed by atoms with Crippen LogP contribution in [0.4, 0.5) is 22.7 Å². The fourth-order valence-corrected chi connectivity index (χ4v) is 3.72. The predicted molar refractivity (Wildman–Crippen MR) is 129 cm³/mol. The maximum absolute atomic E-state index is 11.0. The number of methoxy groups -OCH3 is 1. The molecule has 0 saturated carbocycles. The molecule has 0 radical (unpaired) electrons. The number of benzene rings is 2. The van der Waals surface area contributed by atoms with Gasteiger partial charge in [0.25, 0.3) is 5.69 Å². The summed E-state index contributed by atoms with van der Waals surface area (Å²) in [5.74, 6) is 0.0496. The molecule has 2 aromatic carbocycles. The van der Waals surface area contributed by atoms with Gasteiger partial charge in [-0.25, -0.2) is 8.42 Å². The normalized spacial score (nSPS) is 12.1. The Hall–Kier alpha value is -3.09. The lowest BCUT2D eigenvalue weighted by molar-refractivity contribution is -0.870. The molecule has 0 aliphatic heterocycles. The van der Waals surface area contributed by atoms with E-state index in [9.17, 15) is 23.1 Å². The third kappa shape index (κ3) is 9.41. The highest BCUT2D eigenvalue weighted by Gasteiger charge is 2.14. The van der Waals surface area contributed by atoms with Gasteiger partial charge in [-0.05, 0) is 30.7 Å². The third-order valence-corrected chi connectivity index (χ3v) is 5.73. The Balaban J connectivity index is 2.20. The van der Waals surface area contributed by atoms with Crippen LogP contribution in [-0.2, 0) is 10.1 Å². The Morgan fingerprint density at radius 1 is 1.03 bits per heavy atom. The molecule has 0 saturated heterocycles. The van der Waals surface area contributed by atoms with Crippen LogP contribution in [0.15, 0.2) is 52.7 Å². The minimum absolute atomic E-state index is 0.0315. The number of hydrogen-bond acceptors (Lipinski definition) is 9. The van der Waals surface area contributed by atoms with E-state index >= 15 is 0 Å². The fraction of sp³-hybridized carbons (Fsp3) is 0.455. The number of non-ortho nitro benzene ring substituents is 1. The van der Waals surface area contributed by atoms with Crippen molar-refractivity contribution in [3.8, 4) is 5.75 Å². The monoisotopic (exact) mass is 493 g/mol. The van der Waals surface area contributed by atoms with E-state index in [1.165, 1.54) is 31.4 Å². The summed E-state index contributed by atoms with van der Waals surface area (Å²) in [7, 11) is 3.53. The van der Waals surface area contributed by atoms with Gasteiger partial charge in [-0.2, -0.15) is 5.11 Å². The second-order valence-corrected chi connectivity index (χ2v) is 10.3. The van der Waals surface area contributed by atoms with Crippen molar-refractivity contribution in [2.75, 3.05) is 58.5 Å². The minimum atomic E-state index is -4.28. The van der Waals surface area contributed by atoms with Crippen LogP contribution in [0.25, 0.3) is 0 Å². The lowest BCUT2D eigenvalue weighted by Gasteiger charge is -2.29. The topological polar surface area (TPSA) is 138 Å². The van der Waals surface area contributed by atoms with Crippen LogP contribution in [0.2, 0.25) is 0 Å². The van der Waals surface area contributed by atoms with Gasteiger partial charge in [0, 0.05) is 49.1 Å². The summed E-state index contributed by atoms with van der Waals surface area (Å²) >= 11 is 0. The van der Waals surface area contributed by atoms with Gasteiger partial charge in [-0.1, -0.05) is 0 Å². The van der Waals surface area contributed by atoms with E-state index in [0.29, 0.717) is 30.2 Å². The number of rotatable bonds is 13. The number of nitro groups is 1. The Kier molecular flexibility index (Phi) is 9.47. The van der Waals surface area contributed by atoms with Gasteiger partial charge >= 0.3 is 0 Å². The average molecular weight is 494 g/mol. The van der Waals surface area contributed by atoms with Crippen molar-refractivity contribution in [1.82, 2.24) is 0 Å². The van der Waals surface area contributed by atoms with E-state index in [-0.39, 0.29) is 12.1 Å². The number of ether oxygens (including phenoxy) is 1. The van der Waals surface area contributed by atoms with Crippen LogP contribution >= 0.6 is 0 Å². The molecule has 0 aliphatic carbocycles. The fourth-order valence-electron chi connectivity index (χ4n) is 3.24. The van der Waals surface area contributed by atoms with Crippen molar-refractivity contribution < 1.29 is 27.1 Å². The quantitative estimate of drug-likeness (QED) is 0.136. The van der Waals surface area contributed by atoms with Crippen LogP contribution in [0, 0.1) is 10.1 Å². The van der Waals surface area contributed by atoms with E-state index in [1.54, 1.807) is 12.1 Å². The van der Waals surface area contributed by atoms with E-state index < -0.39 is 20.8 Å². The molecule has 0 heterocycles. The Bertz CT molecular complexity index is 1100. The van der Waals surface area contributed by atoms with Gasteiger partial charge in [-0.3, -0.25) is 10.1 Å². The van der Waals surface area contributed by atoms with E-state index in [4.69, 9.17) is 4.74 Å². The summed E-state index contributed by atoms with van der Waals surface area (Å²) in [6.07, 6.45) is 1.09. The summed E-state index contributed by atoms with van der Waals surface area (Å²) in [4.78, 5) is 12.3. The molecule has 186 valence electrons. The maximum atomic E-state index is 11.0. The molecule has 0 atom stereocenters. The third-order valence-electron chi connectivity index (χ3n) is 4.94. The summed E-state index contributed by atoms with van der Waals surface area (Å²) < 4.78 is 39.4. The second kappa shape index (κ2) is 11.9. The van der Waals surface area contributed by atoms with Crippen molar-refractivity contribution in [1.29, 1.82) is 0 Å². The van der Waals surface area contributed by atoms with Crippen LogP contribution in [-0.4, -0.2) is 76.0 Å². The molecule has 0 aromatic heterocycles. The minimum Gasteiger partial charge on any atom is -0.748 e. The van der Waals surface area contributed by atoms with E-state index in [1.807, 2.05) is 11.0 Å². The van der Waals surface area contributed by atoms with Gasteiger partial charge in [0.1, 0.15) is 11.4 Å². The zero-order valence-corrected chi connectivity index (χ0v) is 20.7. The second-order valence-electron chi connectivity index (χ2n) is 8.80. The van der Waals surface area contributed by atoms with Gasteiger partial charge < -0.3 is 18.7 Å². The smallest absolute Gasteiger partial charge is 0.269 e. The molecule has 0 fully saturated rings. The molecule has 0 unspecified atom stereocenters. The SMILES string of the molecule is COc1cc(N(CCC[N+](C)(C)C)CCCS(=O)(=O)[O-])ccc1/N=N/c1ccc([N+](=O)[O-])cc1. The molecular formula is C22H31N5O6S. The van der Waals surface area contributed by atoms with Gasteiger partial charge in [0.15, 0.2) is 0 Å². The lowest BCUT2D eigenvalue weighted by atomic mass is 10.2. The van der Waals surface area contributed by atoms with Crippen molar-refractivity contribution in [2.24, 2.45) is 10.2 Å². The highest BCUT2D eigenvalue weighted by molar-refractivity contribution is 7.85. The molecule has 0 aliphatic rings. The van der Waals surface area contributed by atoms with Gasteiger partial charge in [-0.15, -0.1) is 5.11 Å². The van der Waals surface area contributed by atoms with Crippen molar-refractivity contribution >= 4 is 32.9 Å². The summed E-state index contributed by atoms with van der Waals surface area (Å²) in [5, 5.41) is 19.1. The highest BCUT2D eigenvalue weighted by Crippen LogP contribution is 2.33. The number of quaternary nitrogens is 1. The zero-order chi connectivity index (χ0) is 25.4. The van der Waals surface area contributed by atoms with Gasteiger partial charge in [0.05, 0.1) is 55.5 Å². The van der Waals surface area contributed by atoms with Crippen LogP contribution < -0.4 is 9.64 Å². The first-order chi connectivity index (χ1) is 15.9. The van der Waals surface area contributed by atoms with Crippen LogP contribution in [0.3, 0.4) is 0 Å². The molecule has 0 amide bonds. The first-order valence-electron chi connectivity index (χ1n) is 10.7.